The summed E-state index contributed by atoms with van der Waals surface area (Å²) in [4.78, 5) is 27.6. The standard InChI is InChI=1S/C38H52N2O3/c1-24-20-34-36(40(23-24)19-18-39-35(42)13-10-27-8-6-5-7-9-27)26(3)38(43-34)17-15-30-31-12-11-28-21-29(41)14-16-37(28,4)33(31)22-32(30)25(38)2/h5-9,11,24,26,30-31,33-34,36H,10,12-23H2,1-4H3,(H,39,42)/t24-,26+,30-,31-,33-,34+,36-,37-,38-/m0/s1. The van der Waals surface area contributed by atoms with Crippen molar-refractivity contribution in [2.45, 2.75) is 110 Å². The molecule has 4 aliphatic carbocycles. The number of Topliss-reactive ketones (excluding diaryl/α,β-unsaturated/α-hetero) is 1. The number of rotatable bonds is 6. The van der Waals surface area contributed by atoms with Gasteiger partial charge < -0.3 is 10.1 Å². The van der Waals surface area contributed by atoms with Crippen molar-refractivity contribution >= 4 is 11.7 Å². The third-order valence-corrected chi connectivity index (χ3v) is 13.2. The monoisotopic (exact) mass is 584 g/mol. The van der Waals surface area contributed by atoms with Crippen LogP contribution in [0.1, 0.15) is 91.0 Å². The molecule has 0 radical (unpaired) electrons. The van der Waals surface area contributed by atoms with Gasteiger partial charge in [0.1, 0.15) is 5.78 Å². The quantitative estimate of drug-likeness (QED) is 0.380. The second-order valence-electron chi connectivity index (χ2n) is 15.4. The van der Waals surface area contributed by atoms with Crippen LogP contribution < -0.4 is 5.32 Å². The van der Waals surface area contributed by atoms with Crippen LogP contribution in [0.2, 0.25) is 0 Å². The number of piperidine rings is 1. The molecule has 5 heteroatoms. The average molecular weight is 585 g/mol. The van der Waals surface area contributed by atoms with Gasteiger partial charge in [0.2, 0.25) is 5.91 Å². The summed E-state index contributed by atoms with van der Waals surface area (Å²) in [5.41, 5.74) is 5.97. The largest absolute Gasteiger partial charge is 0.365 e. The summed E-state index contributed by atoms with van der Waals surface area (Å²) < 4.78 is 7.30. The Morgan fingerprint density at radius 1 is 1.16 bits per heavy atom. The molecule has 5 nitrogen and oxygen atoms in total. The number of aryl methyl sites for hydroxylation is 1. The molecule has 1 amide bonds. The van der Waals surface area contributed by atoms with Crippen molar-refractivity contribution in [3.63, 3.8) is 0 Å². The number of likely N-dealkylation sites (tertiary alicyclic amines) is 1. The molecule has 43 heavy (non-hydrogen) atoms. The molecular formula is C38H52N2O3. The molecule has 9 atom stereocenters. The van der Waals surface area contributed by atoms with E-state index in [1.807, 2.05) is 18.2 Å². The molecule has 7 rings (SSSR count). The third-order valence-electron chi connectivity index (χ3n) is 13.2. The molecule has 0 bridgehead atoms. The van der Waals surface area contributed by atoms with E-state index in [1.165, 1.54) is 24.0 Å². The number of hydrogen-bond acceptors (Lipinski definition) is 4. The van der Waals surface area contributed by atoms with Gasteiger partial charge in [-0.25, -0.2) is 0 Å². The minimum absolute atomic E-state index is 0.146. The third kappa shape index (κ3) is 4.97. The maximum Gasteiger partial charge on any atom is 0.220 e. The Labute approximate surface area is 258 Å². The molecule has 2 aliphatic heterocycles. The number of amides is 1. The minimum Gasteiger partial charge on any atom is -0.365 e. The fourth-order valence-corrected chi connectivity index (χ4v) is 10.9. The first-order valence-electron chi connectivity index (χ1n) is 17.3. The van der Waals surface area contributed by atoms with E-state index in [9.17, 15) is 9.59 Å². The fourth-order valence-electron chi connectivity index (χ4n) is 10.9. The average Bonchev–Trinajstić information content (AvgIpc) is 3.51. The number of benzene rings is 1. The Morgan fingerprint density at radius 2 is 1.98 bits per heavy atom. The molecule has 4 fully saturated rings. The van der Waals surface area contributed by atoms with Crippen LogP contribution in [0.15, 0.2) is 53.1 Å². The lowest BCUT2D eigenvalue weighted by molar-refractivity contribution is -0.122. The van der Waals surface area contributed by atoms with Crippen molar-refractivity contribution in [3.05, 3.63) is 58.7 Å². The highest BCUT2D eigenvalue weighted by Gasteiger charge is 2.61. The van der Waals surface area contributed by atoms with Crippen molar-refractivity contribution in [1.82, 2.24) is 10.2 Å². The van der Waals surface area contributed by atoms with E-state index in [0.29, 0.717) is 54.9 Å². The number of ether oxygens (including phenoxy) is 1. The first kappa shape index (κ1) is 29.5. The second-order valence-corrected chi connectivity index (χ2v) is 15.4. The van der Waals surface area contributed by atoms with Crippen molar-refractivity contribution in [2.24, 2.45) is 35.0 Å². The molecule has 1 aromatic rings. The lowest BCUT2D eigenvalue weighted by atomic mass is 9.57. The Hall–Kier alpha value is -2.24. The highest BCUT2D eigenvalue weighted by atomic mass is 16.5. The minimum atomic E-state index is -0.157. The maximum absolute atomic E-state index is 12.7. The highest BCUT2D eigenvalue weighted by Crippen LogP contribution is 2.65. The van der Waals surface area contributed by atoms with Crippen LogP contribution in [0, 0.1) is 35.0 Å². The highest BCUT2D eigenvalue weighted by molar-refractivity contribution is 5.82. The maximum atomic E-state index is 12.7. The molecule has 2 saturated heterocycles. The molecule has 0 unspecified atom stereocenters. The Morgan fingerprint density at radius 3 is 2.79 bits per heavy atom. The molecule has 6 aliphatic rings. The van der Waals surface area contributed by atoms with Gasteiger partial charge in [0.05, 0.1) is 11.7 Å². The van der Waals surface area contributed by atoms with Gasteiger partial charge in [-0.3, -0.25) is 14.5 Å². The van der Waals surface area contributed by atoms with Crippen molar-refractivity contribution < 1.29 is 14.3 Å². The van der Waals surface area contributed by atoms with Crippen molar-refractivity contribution in [3.8, 4) is 0 Å². The van der Waals surface area contributed by atoms with Crippen LogP contribution in [0.3, 0.4) is 0 Å². The molecular weight excluding hydrogens is 532 g/mol. The van der Waals surface area contributed by atoms with Crippen molar-refractivity contribution in [1.29, 1.82) is 0 Å². The summed E-state index contributed by atoms with van der Waals surface area (Å²) in [5.74, 6) is 3.70. The molecule has 232 valence electrons. The van der Waals surface area contributed by atoms with Gasteiger partial charge in [-0.05, 0) is 92.1 Å². The van der Waals surface area contributed by atoms with Gasteiger partial charge in [0, 0.05) is 50.9 Å². The molecule has 0 aromatic heterocycles. The first-order chi connectivity index (χ1) is 20.7. The summed E-state index contributed by atoms with van der Waals surface area (Å²) >= 11 is 0. The lowest BCUT2D eigenvalue weighted by Crippen LogP contribution is -2.54. The lowest BCUT2D eigenvalue weighted by Gasteiger charge is -2.47. The van der Waals surface area contributed by atoms with E-state index in [-0.39, 0.29) is 23.0 Å². The van der Waals surface area contributed by atoms with Crippen LogP contribution in [0.25, 0.3) is 0 Å². The van der Waals surface area contributed by atoms with Crippen LogP contribution >= 0.6 is 0 Å². The number of carbonyl (C=O) groups is 2. The van der Waals surface area contributed by atoms with E-state index < -0.39 is 0 Å². The van der Waals surface area contributed by atoms with E-state index in [2.05, 4.69) is 56.1 Å². The van der Waals surface area contributed by atoms with Crippen LogP contribution in [0.4, 0.5) is 0 Å². The summed E-state index contributed by atoms with van der Waals surface area (Å²) in [6.07, 6.45) is 12.4. The molecule has 1 N–H and O–H groups in total. The molecule has 2 saturated carbocycles. The number of fused-ring (bicyclic) bond motifs is 6. The summed E-state index contributed by atoms with van der Waals surface area (Å²) in [6.45, 7) is 12.4. The Kier molecular flexibility index (Phi) is 7.73. The molecule has 1 aromatic carbocycles. The normalized spacial score (nSPS) is 40.5. The first-order valence-corrected chi connectivity index (χ1v) is 17.3. The van der Waals surface area contributed by atoms with E-state index in [1.54, 1.807) is 11.1 Å². The van der Waals surface area contributed by atoms with Gasteiger partial charge in [0.25, 0.3) is 0 Å². The number of carbonyl (C=O) groups excluding carboxylic acids is 2. The number of nitrogens with one attached hydrogen (secondary N) is 1. The molecule has 2 heterocycles. The van der Waals surface area contributed by atoms with Gasteiger partial charge in [-0.15, -0.1) is 0 Å². The smallest absolute Gasteiger partial charge is 0.220 e. The van der Waals surface area contributed by atoms with Crippen LogP contribution in [0.5, 0.6) is 0 Å². The Balaban J connectivity index is 1.05. The summed E-state index contributed by atoms with van der Waals surface area (Å²) in [6, 6.07) is 10.7. The second kappa shape index (κ2) is 11.3. The SMILES string of the molecule is CC1=C2C[C@H]3[C@@H](CC=C4CC(=O)CC[C@@]43C)[C@@H]2CC[C@]12O[C@@H]1C[C@H](C)CN(CCNC(=O)CCc3ccccc3)[C@H]1[C@H]2C. The number of ketones is 1. The fraction of sp³-hybridized carbons (Fsp3) is 0.684. The van der Waals surface area contributed by atoms with Crippen molar-refractivity contribution in [2.75, 3.05) is 19.6 Å². The predicted octanol–water partition coefficient (Wildman–Crippen LogP) is 6.67. The zero-order valence-corrected chi connectivity index (χ0v) is 26.9. The summed E-state index contributed by atoms with van der Waals surface area (Å²) in [5, 5.41) is 3.22. The van der Waals surface area contributed by atoms with Gasteiger partial charge in [-0.2, -0.15) is 0 Å². The molecule has 1 spiro atoms. The zero-order valence-electron chi connectivity index (χ0n) is 26.9. The number of allylic oxidation sites excluding steroid dienone is 3. The van der Waals surface area contributed by atoms with E-state index >= 15 is 0 Å². The Bertz CT molecular complexity index is 1320. The van der Waals surface area contributed by atoms with Gasteiger partial charge in [-0.1, -0.05) is 68.3 Å². The predicted molar refractivity (Wildman–Crippen MR) is 170 cm³/mol. The summed E-state index contributed by atoms with van der Waals surface area (Å²) in [7, 11) is 0. The number of nitrogens with zero attached hydrogens (tertiary/aromatic N) is 1. The zero-order chi connectivity index (χ0) is 29.9. The van der Waals surface area contributed by atoms with Crippen LogP contribution in [-0.2, 0) is 20.7 Å². The van der Waals surface area contributed by atoms with Crippen LogP contribution in [-0.4, -0.2) is 54.0 Å². The van der Waals surface area contributed by atoms with E-state index in [0.717, 1.165) is 57.5 Å². The van der Waals surface area contributed by atoms with Gasteiger partial charge >= 0.3 is 0 Å². The topological polar surface area (TPSA) is 58.6 Å². The number of hydrogen-bond donors (Lipinski definition) is 1. The van der Waals surface area contributed by atoms with Gasteiger partial charge in [0.15, 0.2) is 0 Å². The van der Waals surface area contributed by atoms with E-state index in [4.69, 9.17) is 4.74 Å².